The quantitative estimate of drug-likeness (QED) is 0.212. The van der Waals surface area contributed by atoms with Crippen molar-refractivity contribution in [3.8, 4) is 11.5 Å². The minimum Gasteiger partial charge on any atom is -0.493 e. The molecule has 1 aliphatic rings. The average Bonchev–Trinajstić information content (AvgIpc) is 3.08. The van der Waals surface area contributed by atoms with Gasteiger partial charge in [0.2, 0.25) is 0 Å². The third-order valence-corrected chi connectivity index (χ3v) is 7.31. The minimum absolute atomic E-state index is 0.00165. The number of pyridine rings is 1. The Balaban J connectivity index is 1.56. The van der Waals surface area contributed by atoms with E-state index in [0.29, 0.717) is 37.6 Å². The lowest BCUT2D eigenvalue weighted by Crippen LogP contribution is -2.27. The molecule has 1 fully saturated rings. The van der Waals surface area contributed by atoms with Gasteiger partial charge in [-0.15, -0.1) is 0 Å². The van der Waals surface area contributed by atoms with E-state index in [4.69, 9.17) is 32.7 Å². The van der Waals surface area contributed by atoms with Crippen molar-refractivity contribution in [2.45, 2.75) is 13.2 Å². The zero-order valence-electron chi connectivity index (χ0n) is 17.8. The molecule has 10 heteroatoms. The second kappa shape index (κ2) is 11.0. The van der Waals surface area contributed by atoms with Crippen LogP contribution in [0.5, 0.6) is 11.5 Å². The molecule has 34 heavy (non-hydrogen) atoms. The van der Waals surface area contributed by atoms with Gasteiger partial charge in [-0.2, -0.15) is 0 Å². The number of carbonyl (C=O) groups is 2. The summed E-state index contributed by atoms with van der Waals surface area (Å²) < 4.78 is 12.2. The highest BCUT2D eigenvalue weighted by atomic mass is 127. The molecule has 0 radical (unpaired) electrons. The van der Waals surface area contributed by atoms with Crippen LogP contribution in [0.2, 0.25) is 10.0 Å². The Hall–Kier alpha value is -2.27. The summed E-state index contributed by atoms with van der Waals surface area (Å²) in [7, 11) is 1.55. The summed E-state index contributed by atoms with van der Waals surface area (Å²) >= 11 is 15.4. The summed E-state index contributed by atoms with van der Waals surface area (Å²) in [5.74, 6) is 0.680. The Kier molecular flexibility index (Phi) is 8.02. The molecular formula is C24H17Cl2IN2O4S. The van der Waals surface area contributed by atoms with E-state index in [2.05, 4.69) is 27.6 Å². The van der Waals surface area contributed by atoms with Gasteiger partial charge in [0.1, 0.15) is 6.61 Å². The molecule has 4 rings (SSSR count). The second-order valence-corrected chi connectivity index (χ2v) is 10.1. The number of hydrogen-bond donors (Lipinski definition) is 0. The first kappa shape index (κ1) is 24.8. The van der Waals surface area contributed by atoms with Gasteiger partial charge in [-0.05, 0) is 82.4 Å². The molecule has 0 atom stereocenters. The lowest BCUT2D eigenvalue weighted by atomic mass is 10.1. The predicted molar refractivity (Wildman–Crippen MR) is 142 cm³/mol. The fourth-order valence-corrected chi connectivity index (χ4v) is 5.36. The van der Waals surface area contributed by atoms with Gasteiger partial charge < -0.3 is 9.47 Å². The van der Waals surface area contributed by atoms with Crippen LogP contribution in [-0.4, -0.2) is 28.1 Å². The Morgan fingerprint density at radius 2 is 1.88 bits per heavy atom. The van der Waals surface area contributed by atoms with Gasteiger partial charge in [-0.25, -0.2) is 0 Å². The molecule has 1 saturated heterocycles. The Bertz CT molecular complexity index is 1270. The van der Waals surface area contributed by atoms with Crippen molar-refractivity contribution in [2.24, 2.45) is 0 Å². The summed E-state index contributed by atoms with van der Waals surface area (Å²) in [6.07, 6.45) is 3.36. The van der Waals surface area contributed by atoms with Crippen LogP contribution >= 0.6 is 57.6 Å². The fourth-order valence-electron chi connectivity index (χ4n) is 3.22. The molecule has 174 valence electrons. The molecule has 2 amide bonds. The number of methoxy groups -OCH3 is 1. The van der Waals surface area contributed by atoms with E-state index in [0.717, 1.165) is 25.9 Å². The third-order valence-electron chi connectivity index (χ3n) is 4.89. The monoisotopic (exact) mass is 626 g/mol. The van der Waals surface area contributed by atoms with E-state index >= 15 is 0 Å². The summed E-state index contributed by atoms with van der Waals surface area (Å²) in [5.41, 5.74) is 2.02. The van der Waals surface area contributed by atoms with E-state index in [9.17, 15) is 9.59 Å². The van der Waals surface area contributed by atoms with Gasteiger partial charge >= 0.3 is 0 Å². The summed E-state index contributed by atoms with van der Waals surface area (Å²) in [4.78, 5) is 31.2. The maximum Gasteiger partial charge on any atom is 0.293 e. The molecule has 1 aliphatic heterocycles. The molecule has 3 aromatic rings. The van der Waals surface area contributed by atoms with Gasteiger partial charge in [0.25, 0.3) is 11.1 Å². The number of nitrogens with zero attached hydrogens (tertiary/aromatic N) is 2. The van der Waals surface area contributed by atoms with Gasteiger partial charge in [0.05, 0.1) is 27.8 Å². The van der Waals surface area contributed by atoms with Crippen LogP contribution in [0.3, 0.4) is 0 Å². The highest BCUT2D eigenvalue weighted by Gasteiger charge is 2.35. The van der Waals surface area contributed by atoms with E-state index in [-0.39, 0.29) is 18.4 Å². The number of thioether (sulfide) groups is 1. The smallest absolute Gasteiger partial charge is 0.293 e. The largest absolute Gasteiger partial charge is 0.493 e. The first-order valence-corrected chi connectivity index (χ1v) is 12.6. The predicted octanol–water partition coefficient (Wildman–Crippen LogP) is 6.82. The van der Waals surface area contributed by atoms with E-state index < -0.39 is 5.91 Å². The first-order valence-electron chi connectivity index (χ1n) is 9.96. The highest BCUT2D eigenvalue weighted by Crippen LogP contribution is 2.38. The number of amides is 2. The number of carbonyl (C=O) groups excluding carboxylic acids is 2. The van der Waals surface area contributed by atoms with Crippen LogP contribution in [0.15, 0.2) is 59.6 Å². The lowest BCUT2D eigenvalue weighted by Gasteiger charge is -2.15. The number of aromatic nitrogens is 1. The van der Waals surface area contributed by atoms with E-state index in [1.54, 1.807) is 43.6 Å². The van der Waals surface area contributed by atoms with Gasteiger partial charge in [0, 0.05) is 21.8 Å². The summed E-state index contributed by atoms with van der Waals surface area (Å²) in [5, 5.41) is 0.413. The molecule has 0 aliphatic carbocycles. The van der Waals surface area contributed by atoms with Gasteiger partial charge in [0.15, 0.2) is 11.5 Å². The van der Waals surface area contributed by atoms with Crippen molar-refractivity contribution in [3.63, 3.8) is 0 Å². The first-order chi connectivity index (χ1) is 16.4. The Labute approximate surface area is 224 Å². The van der Waals surface area contributed by atoms with Crippen LogP contribution in [0, 0.1) is 3.57 Å². The molecule has 6 nitrogen and oxygen atoms in total. The molecule has 0 bridgehead atoms. The van der Waals surface area contributed by atoms with E-state index in [1.165, 1.54) is 0 Å². The number of ether oxygens (including phenoxy) is 2. The molecule has 0 spiro atoms. The summed E-state index contributed by atoms with van der Waals surface area (Å²) in [6.45, 7) is 0.289. The zero-order chi connectivity index (χ0) is 24.2. The van der Waals surface area contributed by atoms with Crippen molar-refractivity contribution >= 4 is 74.8 Å². The Morgan fingerprint density at radius 1 is 1.12 bits per heavy atom. The second-order valence-electron chi connectivity index (χ2n) is 7.11. The molecule has 2 aromatic carbocycles. The maximum absolute atomic E-state index is 13.0. The van der Waals surface area contributed by atoms with E-state index in [1.807, 2.05) is 24.3 Å². The average molecular weight is 627 g/mol. The van der Waals surface area contributed by atoms with Gasteiger partial charge in [-0.1, -0.05) is 35.3 Å². The normalized spacial score (nSPS) is 14.7. The number of imide groups is 1. The number of hydrogen-bond acceptors (Lipinski definition) is 6. The Morgan fingerprint density at radius 3 is 2.56 bits per heavy atom. The molecule has 1 aromatic heterocycles. The van der Waals surface area contributed by atoms with Crippen molar-refractivity contribution < 1.29 is 19.1 Å². The number of benzene rings is 2. The standard InChI is InChI=1S/C24H17Cl2IN2O4S/c1-32-20-10-14(9-19(27)22(20)33-13-15-5-2-3-8-28-15)11-21-23(30)29(24(31)34-21)12-16-17(25)6-4-7-18(16)26/h2-11H,12-13H2,1H3/b21-11-. The maximum atomic E-state index is 13.0. The minimum atomic E-state index is -0.407. The molecule has 0 N–H and O–H groups in total. The van der Waals surface area contributed by atoms with Crippen molar-refractivity contribution in [1.82, 2.24) is 9.88 Å². The highest BCUT2D eigenvalue weighted by molar-refractivity contribution is 14.1. The molecule has 0 saturated carbocycles. The van der Waals surface area contributed by atoms with Crippen LogP contribution in [0.25, 0.3) is 6.08 Å². The SMILES string of the molecule is COc1cc(/C=C2\SC(=O)N(Cc3c(Cl)cccc3Cl)C2=O)cc(I)c1OCc1ccccn1. The summed E-state index contributed by atoms with van der Waals surface area (Å²) in [6, 6.07) is 14.3. The fraction of sp³-hybridized carbons (Fsp3) is 0.125. The number of halogens is 3. The van der Waals surface area contributed by atoms with Crippen molar-refractivity contribution in [1.29, 1.82) is 0 Å². The lowest BCUT2D eigenvalue weighted by molar-refractivity contribution is -0.123. The van der Waals surface area contributed by atoms with Crippen LogP contribution in [-0.2, 0) is 17.9 Å². The third kappa shape index (κ3) is 5.51. The van der Waals surface area contributed by atoms with Crippen molar-refractivity contribution in [3.05, 3.63) is 90.1 Å². The molecule has 0 unspecified atom stereocenters. The van der Waals surface area contributed by atoms with Crippen LogP contribution in [0.1, 0.15) is 16.8 Å². The van der Waals surface area contributed by atoms with Gasteiger partial charge in [-0.3, -0.25) is 19.5 Å². The molecule has 2 heterocycles. The van der Waals surface area contributed by atoms with Crippen LogP contribution < -0.4 is 9.47 Å². The molecular weight excluding hydrogens is 610 g/mol. The number of rotatable bonds is 7. The van der Waals surface area contributed by atoms with Crippen LogP contribution in [0.4, 0.5) is 4.79 Å². The topological polar surface area (TPSA) is 68.7 Å². The van der Waals surface area contributed by atoms with Crippen molar-refractivity contribution in [2.75, 3.05) is 7.11 Å². The zero-order valence-corrected chi connectivity index (χ0v) is 22.2.